The monoisotopic (exact) mass is 388 g/mol. The number of hydrogen-bond acceptors (Lipinski definition) is 5. The van der Waals surface area contributed by atoms with Crippen LogP contribution in [0.5, 0.6) is 0 Å². The molecule has 29 heavy (non-hydrogen) atoms. The van der Waals surface area contributed by atoms with Gasteiger partial charge in [0.15, 0.2) is 5.82 Å². The molecule has 0 atom stereocenters. The SMILES string of the molecule is CC(C)c1ccc(NC(=O)C=Cc2cnc(-c3cccc([N+](=O)[O-])c3)nc2)cc1. The van der Waals surface area contributed by atoms with Crippen molar-refractivity contribution in [2.24, 2.45) is 0 Å². The maximum Gasteiger partial charge on any atom is 0.270 e. The molecule has 7 heteroatoms. The van der Waals surface area contributed by atoms with Crippen LogP contribution >= 0.6 is 0 Å². The van der Waals surface area contributed by atoms with Crippen LogP contribution in [0.4, 0.5) is 11.4 Å². The Kier molecular flexibility index (Phi) is 6.09. The molecule has 1 amide bonds. The van der Waals surface area contributed by atoms with E-state index in [2.05, 4.69) is 29.1 Å². The van der Waals surface area contributed by atoms with Gasteiger partial charge in [-0.3, -0.25) is 14.9 Å². The zero-order valence-corrected chi connectivity index (χ0v) is 16.1. The van der Waals surface area contributed by atoms with Gasteiger partial charge in [-0.25, -0.2) is 9.97 Å². The van der Waals surface area contributed by atoms with Gasteiger partial charge in [-0.05, 0) is 29.7 Å². The summed E-state index contributed by atoms with van der Waals surface area (Å²) in [6.45, 7) is 4.23. The summed E-state index contributed by atoms with van der Waals surface area (Å²) in [5.41, 5.74) is 3.11. The molecule has 1 N–H and O–H groups in total. The second-order valence-corrected chi connectivity index (χ2v) is 6.75. The number of nitro groups is 1. The molecule has 0 unspecified atom stereocenters. The third-order valence-corrected chi connectivity index (χ3v) is 4.26. The summed E-state index contributed by atoms with van der Waals surface area (Å²) in [6, 6.07) is 13.8. The van der Waals surface area contributed by atoms with Crippen LogP contribution in [0.3, 0.4) is 0 Å². The molecule has 0 saturated heterocycles. The third kappa shape index (κ3) is 5.32. The maximum atomic E-state index is 12.1. The van der Waals surface area contributed by atoms with Gasteiger partial charge in [0.05, 0.1) is 4.92 Å². The lowest BCUT2D eigenvalue weighted by Gasteiger charge is -2.07. The van der Waals surface area contributed by atoms with E-state index in [-0.39, 0.29) is 11.6 Å². The van der Waals surface area contributed by atoms with E-state index in [1.165, 1.54) is 23.8 Å². The van der Waals surface area contributed by atoms with Crippen LogP contribution in [0, 0.1) is 10.1 Å². The van der Waals surface area contributed by atoms with E-state index < -0.39 is 4.92 Å². The molecule has 0 bridgehead atoms. The minimum absolute atomic E-state index is 0.0202. The lowest BCUT2D eigenvalue weighted by molar-refractivity contribution is -0.384. The van der Waals surface area contributed by atoms with Crippen molar-refractivity contribution >= 4 is 23.4 Å². The smallest absolute Gasteiger partial charge is 0.270 e. The van der Waals surface area contributed by atoms with Gasteiger partial charge in [0.2, 0.25) is 5.91 Å². The number of benzene rings is 2. The standard InChI is InChI=1S/C22H20N4O3/c1-15(2)17-7-9-19(10-8-17)25-21(27)11-6-16-13-23-22(24-14-16)18-4-3-5-20(12-18)26(28)29/h3-15H,1-2H3,(H,25,27). The predicted octanol–water partition coefficient (Wildman–Crippen LogP) is 4.83. The number of amides is 1. The van der Waals surface area contributed by atoms with Gasteiger partial charge < -0.3 is 5.32 Å². The number of aromatic nitrogens is 2. The Morgan fingerprint density at radius 1 is 1.10 bits per heavy atom. The molecule has 0 aliphatic rings. The second kappa shape index (κ2) is 8.88. The fraction of sp³-hybridized carbons (Fsp3) is 0.136. The molecule has 2 aromatic carbocycles. The van der Waals surface area contributed by atoms with Crippen LogP contribution in [-0.4, -0.2) is 20.8 Å². The average Bonchev–Trinajstić information content (AvgIpc) is 2.73. The van der Waals surface area contributed by atoms with Crippen LogP contribution in [-0.2, 0) is 4.79 Å². The third-order valence-electron chi connectivity index (χ3n) is 4.26. The van der Waals surface area contributed by atoms with Gasteiger partial charge in [0, 0.05) is 47.4 Å². The summed E-state index contributed by atoms with van der Waals surface area (Å²) in [5.74, 6) is 0.551. The van der Waals surface area contributed by atoms with E-state index in [1.807, 2.05) is 24.3 Å². The quantitative estimate of drug-likeness (QED) is 0.371. The van der Waals surface area contributed by atoms with Gasteiger partial charge in [-0.1, -0.05) is 38.1 Å². The van der Waals surface area contributed by atoms with Gasteiger partial charge in [0.1, 0.15) is 0 Å². The molecule has 7 nitrogen and oxygen atoms in total. The lowest BCUT2D eigenvalue weighted by atomic mass is 10.0. The van der Waals surface area contributed by atoms with Crippen LogP contribution < -0.4 is 5.32 Å². The first kappa shape index (κ1) is 19.9. The molecule has 0 saturated carbocycles. The Balaban J connectivity index is 1.64. The Morgan fingerprint density at radius 2 is 1.79 bits per heavy atom. The Labute approximate surface area is 168 Å². The molecule has 1 heterocycles. The maximum absolute atomic E-state index is 12.1. The van der Waals surface area contributed by atoms with E-state index >= 15 is 0 Å². The summed E-state index contributed by atoms with van der Waals surface area (Å²) in [4.78, 5) is 31.0. The van der Waals surface area contributed by atoms with E-state index in [1.54, 1.807) is 30.6 Å². The lowest BCUT2D eigenvalue weighted by Crippen LogP contribution is -2.07. The molecule has 0 spiro atoms. The van der Waals surface area contributed by atoms with Gasteiger partial charge in [-0.2, -0.15) is 0 Å². The summed E-state index contributed by atoms with van der Waals surface area (Å²) in [6.07, 6.45) is 6.13. The Hall–Kier alpha value is -3.87. The van der Waals surface area contributed by atoms with Gasteiger partial charge in [0.25, 0.3) is 5.69 Å². The summed E-state index contributed by atoms with van der Waals surface area (Å²) in [5, 5.41) is 13.7. The summed E-state index contributed by atoms with van der Waals surface area (Å²) in [7, 11) is 0. The second-order valence-electron chi connectivity index (χ2n) is 6.75. The number of carbonyl (C=O) groups excluding carboxylic acids is 1. The van der Waals surface area contributed by atoms with Crippen molar-refractivity contribution in [3.63, 3.8) is 0 Å². The number of non-ortho nitro benzene ring substituents is 1. The molecule has 3 aromatic rings. The Morgan fingerprint density at radius 3 is 2.41 bits per heavy atom. The van der Waals surface area contributed by atoms with E-state index in [0.29, 0.717) is 22.9 Å². The first-order valence-corrected chi connectivity index (χ1v) is 9.08. The minimum Gasteiger partial charge on any atom is -0.323 e. The zero-order chi connectivity index (χ0) is 20.8. The normalized spacial score (nSPS) is 11.0. The van der Waals surface area contributed by atoms with E-state index in [9.17, 15) is 14.9 Å². The topological polar surface area (TPSA) is 98.0 Å². The number of hydrogen-bond donors (Lipinski definition) is 1. The molecule has 146 valence electrons. The molecule has 1 aromatic heterocycles. The van der Waals surface area contributed by atoms with Crippen molar-refractivity contribution in [2.45, 2.75) is 19.8 Å². The molecular weight excluding hydrogens is 368 g/mol. The number of nitro benzene ring substituents is 1. The van der Waals surface area contributed by atoms with Crippen LogP contribution in [0.1, 0.15) is 30.9 Å². The fourth-order valence-electron chi connectivity index (χ4n) is 2.64. The minimum atomic E-state index is -0.463. The number of nitrogens with zero attached hydrogens (tertiary/aromatic N) is 3. The van der Waals surface area contributed by atoms with Crippen LogP contribution in [0.25, 0.3) is 17.5 Å². The fourth-order valence-corrected chi connectivity index (χ4v) is 2.64. The highest BCUT2D eigenvalue weighted by atomic mass is 16.6. The molecular formula is C22H20N4O3. The highest BCUT2D eigenvalue weighted by molar-refractivity contribution is 6.01. The summed E-state index contributed by atoms with van der Waals surface area (Å²) < 4.78 is 0. The first-order chi connectivity index (χ1) is 13.9. The number of anilines is 1. The zero-order valence-electron chi connectivity index (χ0n) is 16.1. The van der Waals surface area contributed by atoms with E-state index in [4.69, 9.17) is 0 Å². The highest BCUT2D eigenvalue weighted by Gasteiger charge is 2.08. The summed E-state index contributed by atoms with van der Waals surface area (Å²) >= 11 is 0. The average molecular weight is 388 g/mol. The largest absolute Gasteiger partial charge is 0.323 e. The number of carbonyl (C=O) groups is 1. The molecule has 0 radical (unpaired) electrons. The molecule has 0 fully saturated rings. The first-order valence-electron chi connectivity index (χ1n) is 9.08. The van der Waals surface area contributed by atoms with Gasteiger partial charge in [-0.15, -0.1) is 0 Å². The predicted molar refractivity (Wildman–Crippen MR) is 112 cm³/mol. The number of rotatable bonds is 6. The van der Waals surface area contributed by atoms with Crippen molar-refractivity contribution in [1.82, 2.24) is 9.97 Å². The number of nitrogens with one attached hydrogen (secondary N) is 1. The molecule has 3 rings (SSSR count). The van der Waals surface area contributed by atoms with Crippen molar-refractivity contribution < 1.29 is 9.72 Å². The van der Waals surface area contributed by atoms with Crippen molar-refractivity contribution in [3.05, 3.63) is 88.2 Å². The van der Waals surface area contributed by atoms with Crippen molar-refractivity contribution in [1.29, 1.82) is 0 Å². The van der Waals surface area contributed by atoms with Crippen molar-refractivity contribution in [2.75, 3.05) is 5.32 Å². The Bertz CT molecular complexity index is 1040. The molecule has 0 aliphatic carbocycles. The van der Waals surface area contributed by atoms with E-state index in [0.717, 1.165) is 5.69 Å². The highest BCUT2D eigenvalue weighted by Crippen LogP contribution is 2.21. The van der Waals surface area contributed by atoms with Crippen LogP contribution in [0.2, 0.25) is 0 Å². The van der Waals surface area contributed by atoms with Gasteiger partial charge >= 0.3 is 0 Å². The van der Waals surface area contributed by atoms with Crippen molar-refractivity contribution in [3.8, 4) is 11.4 Å². The van der Waals surface area contributed by atoms with Crippen LogP contribution in [0.15, 0.2) is 67.0 Å². The molecule has 0 aliphatic heterocycles.